The van der Waals surface area contributed by atoms with Gasteiger partial charge in [0.1, 0.15) is 6.61 Å². The van der Waals surface area contributed by atoms with Gasteiger partial charge in [-0.3, -0.25) is 14.1 Å². The Bertz CT molecular complexity index is 558. The normalized spacial score (nSPS) is 12.8. The number of carbonyl (C=O) groups excluding carboxylic acids is 2. The molecular formula is C23H43O8P. The molecule has 0 aliphatic carbocycles. The number of esters is 2. The lowest BCUT2D eigenvalue weighted by molar-refractivity contribution is -0.161. The summed E-state index contributed by atoms with van der Waals surface area (Å²) in [6.45, 7) is 3.20. The third-order valence-corrected chi connectivity index (χ3v) is 5.24. The minimum atomic E-state index is -4.71. The molecule has 0 heterocycles. The van der Waals surface area contributed by atoms with Crippen LogP contribution < -0.4 is 0 Å². The fourth-order valence-corrected chi connectivity index (χ4v) is 3.35. The zero-order valence-corrected chi connectivity index (χ0v) is 20.7. The standard InChI is InChI=1S/C23H43O8P/c1-3-5-6-7-8-9-10-11-12-13-14-15-16-18-23(25)31-21(20-30-32(26,27)28)19-29-22(24)17-4-2/h9-10,21H,3-8,11-20H2,1-2H3,(H2,26,27,28)/b10-9-. The predicted molar refractivity (Wildman–Crippen MR) is 124 cm³/mol. The summed E-state index contributed by atoms with van der Waals surface area (Å²) in [7, 11) is -4.71. The number of unbranched alkanes of at least 4 members (excludes halogenated alkanes) is 9. The van der Waals surface area contributed by atoms with E-state index in [9.17, 15) is 14.2 Å². The summed E-state index contributed by atoms with van der Waals surface area (Å²) in [6, 6.07) is 0. The van der Waals surface area contributed by atoms with E-state index in [1.807, 2.05) is 6.92 Å². The van der Waals surface area contributed by atoms with Crippen molar-refractivity contribution in [3.63, 3.8) is 0 Å². The fraction of sp³-hybridized carbons (Fsp3) is 0.826. The van der Waals surface area contributed by atoms with Crippen molar-refractivity contribution < 1.29 is 37.9 Å². The summed E-state index contributed by atoms with van der Waals surface area (Å²) in [5, 5.41) is 0. The van der Waals surface area contributed by atoms with Crippen LogP contribution in [-0.4, -0.2) is 41.0 Å². The first-order valence-electron chi connectivity index (χ1n) is 12.0. The minimum absolute atomic E-state index is 0.201. The molecule has 0 radical (unpaired) electrons. The molecule has 1 atom stereocenters. The van der Waals surface area contributed by atoms with Gasteiger partial charge in [0.2, 0.25) is 0 Å². The van der Waals surface area contributed by atoms with Crippen LogP contribution in [-0.2, 0) is 28.2 Å². The molecule has 0 aromatic carbocycles. The van der Waals surface area contributed by atoms with Gasteiger partial charge in [0.05, 0.1) is 6.61 Å². The molecule has 0 bridgehead atoms. The first-order chi connectivity index (χ1) is 15.3. The summed E-state index contributed by atoms with van der Waals surface area (Å²) in [4.78, 5) is 41.2. The molecule has 0 saturated heterocycles. The fourth-order valence-electron chi connectivity index (χ4n) is 2.99. The molecule has 9 heteroatoms. The summed E-state index contributed by atoms with van der Waals surface area (Å²) in [5.41, 5.74) is 0. The molecule has 0 aliphatic rings. The van der Waals surface area contributed by atoms with E-state index in [4.69, 9.17) is 19.3 Å². The molecule has 188 valence electrons. The SMILES string of the molecule is CCCCCC/C=C\CCCCCCCC(=O)OC(COC(=O)CCC)COP(=O)(O)O. The molecule has 2 N–H and O–H groups in total. The molecule has 0 aromatic heterocycles. The van der Waals surface area contributed by atoms with Crippen molar-refractivity contribution in [1.29, 1.82) is 0 Å². The lowest BCUT2D eigenvalue weighted by atomic mass is 10.1. The first kappa shape index (κ1) is 30.8. The summed E-state index contributed by atoms with van der Waals surface area (Å²) in [6.07, 6.45) is 16.8. The number of allylic oxidation sites excluding steroid dienone is 2. The van der Waals surface area contributed by atoms with Crippen molar-refractivity contribution in [1.82, 2.24) is 0 Å². The van der Waals surface area contributed by atoms with Gasteiger partial charge in [0.15, 0.2) is 6.10 Å². The predicted octanol–water partition coefficient (Wildman–Crippen LogP) is 5.61. The van der Waals surface area contributed by atoms with Crippen molar-refractivity contribution in [3.8, 4) is 0 Å². The van der Waals surface area contributed by atoms with E-state index >= 15 is 0 Å². The third kappa shape index (κ3) is 22.0. The number of phosphoric ester groups is 1. The zero-order chi connectivity index (χ0) is 24.1. The zero-order valence-electron chi connectivity index (χ0n) is 19.8. The third-order valence-electron chi connectivity index (χ3n) is 4.75. The van der Waals surface area contributed by atoms with Gasteiger partial charge in [-0.05, 0) is 38.5 Å². The minimum Gasteiger partial charge on any atom is -0.462 e. The second-order valence-electron chi connectivity index (χ2n) is 7.96. The number of ether oxygens (including phenoxy) is 2. The van der Waals surface area contributed by atoms with Gasteiger partial charge in [0, 0.05) is 12.8 Å². The van der Waals surface area contributed by atoms with Crippen LogP contribution in [0.1, 0.15) is 104 Å². The highest BCUT2D eigenvalue weighted by atomic mass is 31.2. The molecule has 0 aliphatic heterocycles. The van der Waals surface area contributed by atoms with Crippen LogP contribution in [0.3, 0.4) is 0 Å². The molecule has 0 spiro atoms. The van der Waals surface area contributed by atoms with Crippen LogP contribution in [0, 0.1) is 0 Å². The van der Waals surface area contributed by atoms with E-state index in [1.165, 1.54) is 32.1 Å². The van der Waals surface area contributed by atoms with E-state index in [0.717, 1.165) is 32.1 Å². The van der Waals surface area contributed by atoms with Crippen LogP contribution in [0.5, 0.6) is 0 Å². The average molecular weight is 479 g/mol. The second-order valence-corrected chi connectivity index (χ2v) is 9.20. The molecule has 1 unspecified atom stereocenters. The van der Waals surface area contributed by atoms with Gasteiger partial charge in [-0.2, -0.15) is 0 Å². The summed E-state index contributed by atoms with van der Waals surface area (Å²) in [5.74, 6) is -0.960. The molecular weight excluding hydrogens is 435 g/mol. The average Bonchev–Trinajstić information content (AvgIpc) is 2.73. The Morgan fingerprint density at radius 3 is 1.97 bits per heavy atom. The largest absolute Gasteiger partial charge is 0.469 e. The van der Waals surface area contributed by atoms with E-state index in [1.54, 1.807) is 0 Å². The Morgan fingerprint density at radius 2 is 1.38 bits per heavy atom. The Labute approximate surface area is 193 Å². The number of phosphoric acid groups is 1. The Balaban J connectivity index is 3.95. The van der Waals surface area contributed by atoms with E-state index < -0.39 is 32.5 Å². The van der Waals surface area contributed by atoms with Gasteiger partial charge in [-0.15, -0.1) is 0 Å². The Morgan fingerprint density at radius 1 is 0.781 bits per heavy atom. The van der Waals surface area contributed by atoms with E-state index in [0.29, 0.717) is 12.8 Å². The van der Waals surface area contributed by atoms with Crippen molar-refractivity contribution >= 4 is 19.8 Å². The van der Waals surface area contributed by atoms with Crippen molar-refractivity contribution in [2.75, 3.05) is 13.2 Å². The second kappa shape index (κ2) is 20.4. The number of hydrogen-bond donors (Lipinski definition) is 2. The van der Waals surface area contributed by atoms with Gasteiger partial charge in [0.25, 0.3) is 0 Å². The van der Waals surface area contributed by atoms with Crippen molar-refractivity contribution in [2.45, 2.75) is 110 Å². The molecule has 0 fully saturated rings. The quantitative estimate of drug-likeness (QED) is 0.0946. The van der Waals surface area contributed by atoms with Crippen LogP contribution >= 0.6 is 7.82 Å². The van der Waals surface area contributed by atoms with Crippen molar-refractivity contribution in [3.05, 3.63) is 12.2 Å². The Hall–Kier alpha value is -1.21. The Kier molecular flexibility index (Phi) is 19.6. The van der Waals surface area contributed by atoms with Gasteiger partial charge in [-0.1, -0.05) is 64.5 Å². The topological polar surface area (TPSA) is 119 Å². The molecule has 0 saturated carbocycles. The monoisotopic (exact) mass is 478 g/mol. The van der Waals surface area contributed by atoms with Gasteiger partial charge in [-0.25, -0.2) is 4.57 Å². The summed E-state index contributed by atoms with van der Waals surface area (Å²) >= 11 is 0. The first-order valence-corrected chi connectivity index (χ1v) is 13.5. The number of rotatable bonds is 21. The highest BCUT2D eigenvalue weighted by molar-refractivity contribution is 7.46. The van der Waals surface area contributed by atoms with Crippen LogP contribution in [0.2, 0.25) is 0 Å². The smallest absolute Gasteiger partial charge is 0.462 e. The maximum absolute atomic E-state index is 12.0. The van der Waals surface area contributed by atoms with Crippen LogP contribution in [0.15, 0.2) is 12.2 Å². The molecule has 0 aromatic rings. The highest BCUT2D eigenvalue weighted by Gasteiger charge is 2.22. The molecule has 0 amide bonds. The maximum Gasteiger partial charge on any atom is 0.469 e. The molecule has 32 heavy (non-hydrogen) atoms. The lowest BCUT2D eigenvalue weighted by Gasteiger charge is -2.18. The maximum atomic E-state index is 12.0. The summed E-state index contributed by atoms with van der Waals surface area (Å²) < 4.78 is 25.5. The molecule has 0 rings (SSSR count). The van der Waals surface area contributed by atoms with E-state index in [2.05, 4.69) is 23.6 Å². The van der Waals surface area contributed by atoms with Crippen LogP contribution in [0.4, 0.5) is 0 Å². The number of carbonyl (C=O) groups is 2. The lowest BCUT2D eigenvalue weighted by Crippen LogP contribution is -2.29. The van der Waals surface area contributed by atoms with Gasteiger partial charge < -0.3 is 19.3 Å². The van der Waals surface area contributed by atoms with Crippen LogP contribution in [0.25, 0.3) is 0 Å². The van der Waals surface area contributed by atoms with Gasteiger partial charge >= 0.3 is 19.8 Å². The van der Waals surface area contributed by atoms with E-state index in [-0.39, 0.29) is 19.4 Å². The highest BCUT2D eigenvalue weighted by Crippen LogP contribution is 2.35. The van der Waals surface area contributed by atoms with Crippen molar-refractivity contribution in [2.24, 2.45) is 0 Å². The molecule has 8 nitrogen and oxygen atoms in total. The number of hydrogen-bond acceptors (Lipinski definition) is 6.